The van der Waals surface area contributed by atoms with Crippen molar-refractivity contribution < 1.29 is 9.59 Å². The average molecular weight is 401 g/mol. The molecule has 0 saturated heterocycles. The van der Waals surface area contributed by atoms with Gasteiger partial charge in [0.25, 0.3) is 11.8 Å². The van der Waals surface area contributed by atoms with E-state index in [1.807, 2.05) is 12.1 Å². The van der Waals surface area contributed by atoms with E-state index in [-0.39, 0.29) is 11.6 Å². The van der Waals surface area contributed by atoms with Crippen molar-refractivity contribution in [2.75, 3.05) is 19.8 Å². The number of aromatic amines is 1. The molecule has 30 heavy (non-hydrogen) atoms. The van der Waals surface area contributed by atoms with Crippen LogP contribution in [0, 0.1) is 0 Å². The van der Waals surface area contributed by atoms with Crippen LogP contribution in [0.3, 0.4) is 0 Å². The number of pyridine rings is 3. The Balaban J connectivity index is 1.79. The maximum absolute atomic E-state index is 12.1. The van der Waals surface area contributed by atoms with Crippen LogP contribution in [0.25, 0.3) is 33.4 Å². The fraction of sp³-hybridized carbons (Fsp3) is 0.0952. The van der Waals surface area contributed by atoms with Gasteiger partial charge in [0.15, 0.2) is 0 Å². The number of nitrogens with zero attached hydrogens (tertiary/aromatic N) is 4. The minimum absolute atomic E-state index is 0.134. The van der Waals surface area contributed by atoms with Gasteiger partial charge in [0, 0.05) is 49.2 Å². The summed E-state index contributed by atoms with van der Waals surface area (Å²) in [6, 6.07) is 8.79. The van der Waals surface area contributed by atoms with Crippen LogP contribution < -0.4 is 11.5 Å². The van der Waals surface area contributed by atoms with E-state index in [0.717, 1.165) is 16.5 Å². The summed E-state index contributed by atoms with van der Waals surface area (Å²) in [7, 11) is 3.36. The van der Waals surface area contributed by atoms with Crippen LogP contribution in [-0.4, -0.2) is 50.7 Å². The monoisotopic (exact) mass is 401 g/mol. The smallest absolute Gasteiger partial charge is 0.265 e. The molecule has 9 nitrogen and oxygen atoms in total. The number of hydrogen-bond donors (Lipinski definition) is 3. The summed E-state index contributed by atoms with van der Waals surface area (Å²) < 4.78 is 0. The van der Waals surface area contributed by atoms with Gasteiger partial charge < -0.3 is 21.4 Å². The van der Waals surface area contributed by atoms with Gasteiger partial charge in [0.2, 0.25) is 0 Å². The van der Waals surface area contributed by atoms with E-state index in [0.29, 0.717) is 28.3 Å². The molecule has 0 aromatic carbocycles. The molecular formula is C21H19N7O2. The zero-order valence-corrected chi connectivity index (χ0v) is 16.4. The third-order valence-electron chi connectivity index (χ3n) is 4.72. The van der Waals surface area contributed by atoms with Crippen LogP contribution in [0.4, 0.5) is 5.82 Å². The molecule has 0 aliphatic heterocycles. The van der Waals surface area contributed by atoms with Crippen LogP contribution in [0.2, 0.25) is 0 Å². The SMILES string of the molecule is CN(C)C(=O)c1ccc(-c2cc(-c3ccnc4[nH]c(C(N)=O)cc34)cnc2N)nc1. The van der Waals surface area contributed by atoms with Crippen molar-refractivity contribution in [1.82, 2.24) is 24.8 Å². The molecule has 4 aromatic heterocycles. The van der Waals surface area contributed by atoms with Crippen LogP contribution >= 0.6 is 0 Å². The molecule has 4 rings (SSSR count). The standard InChI is InChI=1S/C21H19N7O2/c1-28(2)21(30)11-3-4-16(25-9-11)15-7-12(10-26-18(15)22)13-5-6-24-20-14(13)8-17(27-20)19(23)29/h3-10H,1-2H3,(H2,22,26)(H2,23,29)(H,24,27). The highest BCUT2D eigenvalue weighted by Gasteiger charge is 2.15. The lowest BCUT2D eigenvalue weighted by Crippen LogP contribution is -2.21. The number of anilines is 1. The van der Waals surface area contributed by atoms with Crippen LogP contribution in [0.1, 0.15) is 20.8 Å². The number of H-pyrrole nitrogens is 1. The van der Waals surface area contributed by atoms with Gasteiger partial charge in [0.05, 0.1) is 11.3 Å². The number of hydrogen-bond acceptors (Lipinski definition) is 6. The summed E-state index contributed by atoms with van der Waals surface area (Å²) in [6.45, 7) is 0. The minimum Gasteiger partial charge on any atom is -0.383 e. The van der Waals surface area contributed by atoms with Gasteiger partial charge in [-0.3, -0.25) is 14.6 Å². The molecule has 0 aliphatic rings. The first-order valence-corrected chi connectivity index (χ1v) is 9.06. The first-order valence-electron chi connectivity index (χ1n) is 9.06. The van der Waals surface area contributed by atoms with Gasteiger partial charge in [-0.25, -0.2) is 9.97 Å². The topological polar surface area (TPSA) is 144 Å². The maximum Gasteiger partial charge on any atom is 0.265 e. The van der Waals surface area contributed by atoms with Crippen molar-refractivity contribution in [2.45, 2.75) is 0 Å². The minimum atomic E-state index is -0.563. The Bertz CT molecular complexity index is 1280. The van der Waals surface area contributed by atoms with E-state index in [4.69, 9.17) is 11.5 Å². The number of carbonyl (C=O) groups excluding carboxylic acids is 2. The van der Waals surface area contributed by atoms with Gasteiger partial charge in [-0.1, -0.05) is 0 Å². The zero-order chi connectivity index (χ0) is 21.4. The Morgan fingerprint density at radius 1 is 1.00 bits per heavy atom. The number of fused-ring (bicyclic) bond motifs is 1. The van der Waals surface area contributed by atoms with Gasteiger partial charge >= 0.3 is 0 Å². The number of amides is 2. The molecule has 0 aliphatic carbocycles. The van der Waals surface area contributed by atoms with Crippen molar-refractivity contribution in [1.29, 1.82) is 0 Å². The van der Waals surface area contributed by atoms with Crippen LogP contribution in [-0.2, 0) is 0 Å². The molecule has 4 aromatic rings. The van der Waals surface area contributed by atoms with E-state index in [1.165, 1.54) is 11.1 Å². The number of nitrogen functional groups attached to an aromatic ring is 1. The summed E-state index contributed by atoms with van der Waals surface area (Å²) in [5, 5.41) is 0.740. The number of rotatable bonds is 4. The Morgan fingerprint density at radius 2 is 1.80 bits per heavy atom. The summed E-state index contributed by atoms with van der Waals surface area (Å²) in [4.78, 5) is 40.9. The van der Waals surface area contributed by atoms with Gasteiger partial charge in [-0.2, -0.15) is 0 Å². The fourth-order valence-electron chi connectivity index (χ4n) is 3.18. The third kappa shape index (κ3) is 3.32. The highest BCUT2D eigenvalue weighted by atomic mass is 16.2. The van der Waals surface area contributed by atoms with E-state index < -0.39 is 5.91 Å². The van der Waals surface area contributed by atoms with E-state index >= 15 is 0 Å². The Labute approximate surface area is 171 Å². The van der Waals surface area contributed by atoms with Gasteiger partial charge in [-0.05, 0) is 35.9 Å². The number of nitrogens with two attached hydrogens (primary N) is 2. The number of carbonyl (C=O) groups is 2. The molecule has 150 valence electrons. The van der Waals surface area contributed by atoms with Crippen molar-refractivity contribution in [2.24, 2.45) is 5.73 Å². The van der Waals surface area contributed by atoms with E-state index in [9.17, 15) is 9.59 Å². The third-order valence-corrected chi connectivity index (χ3v) is 4.72. The maximum atomic E-state index is 12.1. The molecule has 4 heterocycles. The second-order valence-electron chi connectivity index (χ2n) is 6.96. The van der Waals surface area contributed by atoms with Crippen molar-refractivity contribution in [3.8, 4) is 22.4 Å². The normalized spacial score (nSPS) is 10.9. The average Bonchev–Trinajstić information content (AvgIpc) is 3.19. The van der Waals surface area contributed by atoms with Crippen LogP contribution in [0.5, 0.6) is 0 Å². The predicted molar refractivity (Wildman–Crippen MR) is 114 cm³/mol. The number of nitrogens with one attached hydrogen (secondary N) is 1. The summed E-state index contributed by atoms with van der Waals surface area (Å²) >= 11 is 0. The Hall–Kier alpha value is -4.27. The fourth-order valence-corrected chi connectivity index (χ4v) is 3.18. The summed E-state index contributed by atoms with van der Waals surface area (Å²) in [5.74, 6) is -0.382. The molecule has 0 radical (unpaired) electrons. The quantitative estimate of drug-likeness (QED) is 0.477. The molecule has 0 saturated carbocycles. The molecule has 5 N–H and O–H groups in total. The van der Waals surface area contributed by atoms with Gasteiger partial charge in [0.1, 0.15) is 17.2 Å². The lowest BCUT2D eigenvalue weighted by Gasteiger charge is -2.11. The second kappa shape index (κ2) is 7.28. The largest absolute Gasteiger partial charge is 0.383 e. The molecule has 2 amide bonds. The van der Waals surface area contributed by atoms with E-state index in [1.54, 1.807) is 44.7 Å². The van der Waals surface area contributed by atoms with Crippen molar-refractivity contribution in [3.63, 3.8) is 0 Å². The van der Waals surface area contributed by atoms with Crippen molar-refractivity contribution >= 4 is 28.7 Å². The first kappa shape index (κ1) is 19.1. The second-order valence-corrected chi connectivity index (χ2v) is 6.96. The number of primary amides is 1. The van der Waals surface area contributed by atoms with Crippen LogP contribution in [0.15, 0.2) is 48.9 Å². The highest BCUT2D eigenvalue weighted by molar-refractivity contribution is 6.01. The molecule has 0 bridgehead atoms. The van der Waals surface area contributed by atoms with Gasteiger partial charge in [-0.15, -0.1) is 0 Å². The molecule has 0 atom stereocenters. The lowest BCUT2D eigenvalue weighted by atomic mass is 10.0. The highest BCUT2D eigenvalue weighted by Crippen LogP contribution is 2.32. The zero-order valence-electron chi connectivity index (χ0n) is 16.4. The van der Waals surface area contributed by atoms with E-state index in [2.05, 4.69) is 19.9 Å². The predicted octanol–water partition coefficient (Wildman–Crippen LogP) is 2.07. The van der Waals surface area contributed by atoms with Crippen molar-refractivity contribution in [3.05, 3.63) is 60.2 Å². The molecule has 0 spiro atoms. The molecule has 9 heteroatoms. The first-order chi connectivity index (χ1) is 14.3. The Kier molecular flexibility index (Phi) is 4.63. The number of aromatic nitrogens is 4. The summed E-state index contributed by atoms with van der Waals surface area (Å²) in [5.41, 5.74) is 15.6. The summed E-state index contributed by atoms with van der Waals surface area (Å²) in [6.07, 6.45) is 4.79. The molecule has 0 unspecified atom stereocenters. The lowest BCUT2D eigenvalue weighted by molar-refractivity contribution is 0.0827. The molecular weight excluding hydrogens is 382 g/mol. The molecule has 0 fully saturated rings. The Morgan fingerprint density at radius 3 is 2.47 bits per heavy atom.